The fourth-order valence-electron chi connectivity index (χ4n) is 3.22. The molecule has 0 aliphatic carbocycles. The van der Waals surface area contributed by atoms with Gasteiger partial charge in [-0.05, 0) is 37.1 Å². The molecule has 1 saturated heterocycles. The number of rotatable bonds is 4. The number of carbonyl (C=O) groups excluding carboxylic acids is 1. The molecular weight excluding hydrogens is 429 g/mol. The maximum Gasteiger partial charge on any atom is 0.417 e. The molecule has 29 heavy (non-hydrogen) atoms. The van der Waals surface area contributed by atoms with Gasteiger partial charge in [0.1, 0.15) is 0 Å². The molecule has 1 N–H and O–H groups in total. The lowest BCUT2D eigenvalue weighted by Gasteiger charge is -2.31. The van der Waals surface area contributed by atoms with Crippen LogP contribution < -0.4 is 5.32 Å². The third kappa shape index (κ3) is 4.73. The Balaban J connectivity index is 1.71. The predicted octanol–water partition coefficient (Wildman–Crippen LogP) is 4.40. The van der Waals surface area contributed by atoms with E-state index in [1.54, 1.807) is 24.3 Å². The van der Waals surface area contributed by atoms with Crippen LogP contribution in [0.25, 0.3) is 0 Å². The van der Waals surface area contributed by atoms with Crippen LogP contribution in [0, 0.1) is 5.92 Å². The summed E-state index contributed by atoms with van der Waals surface area (Å²) in [6.45, 7) is -0.0930. The van der Waals surface area contributed by atoms with Gasteiger partial charge in [0, 0.05) is 19.0 Å². The Bertz CT molecular complexity index is 1000. The number of piperidine rings is 1. The molecule has 0 unspecified atom stereocenters. The van der Waals surface area contributed by atoms with Crippen molar-refractivity contribution >= 4 is 33.2 Å². The Morgan fingerprint density at radius 3 is 2.24 bits per heavy atom. The number of halogens is 4. The van der Waals surface area contributed by atoms with E-state index in [-0.39, 0.29) is 31.8 Å². The Labute approximate surface area is 171 Å². The number of alkyl halides is 3. The third-order valence-corrected chi connectivity index (χ3v) is 7.05. The molecule has 1 aliphatic rings. The molecule has 1 fully saturated rings. The summed E-state index contributed by atoms with van der Waals surface area (Å²) in [5.74, 6) is -0.763. The topological polar surface area (TPSA) is 66.5 Å². The van der Waals surface area contributed by atoms with E-state index in [1.807, 2.05) is 0 Å². The molecule has 0 spiro atoms. The van der Waals surface area contributed by atoms with Gasteiger partial charge in [-0.25, -0.2) is 8.42 Å². The summed E-state index contributed by atoms with van der Waals surface area (Å²) in [5.41, 5.74) is -0.744. The van der Waals surface area contributed by atoms with Gasteiger partial charge in [-0.3, -0.25) is 4.79 Å². The minimum atomic E-state index is -4.78. The molecule has 10 heteroatoms. The molecule has 0 atom stereocenters. The van der Waals surface area contributed by atoms with Gasteiger partial charge in [0.25, 0.3) is 0 Å². The van der Waals surface area contributed by atoms with Crippen LogP contribution in [0.4, 0.5) is 18.9 Å². The summed E-state index contributed by atoms with van der Waals surface area (Å²) < 4.78 is 66.2. The zero-order chi connectivity index (χ0) is 21.2. The Kier molecular flexibility index (Phi) is 6.21. The second kappa shape index (κ2) is 8.33. The van der Waals surface area contributed by atoms with Crippen molar-refractivity contribution in [3.8, 4) is 0 Å². The van der Waals surface area contributed by atoms with E-state index >= 15 is 0 Å². The van der Waals surface area contributed by atoms with E-state index < -0.39 is 32.6 Å². The van der Waals surface area contributed by atoms with Crippen molar-refractivity contribution < 1.29 is 26.4 Å². The van der Waals surface area contributed by atoms with Crippen molar-refractivity contribution in [1.29, 1.82) is 0 Å². The molecule has 2 aromatic rings. The molecule has 0 radical (unpaired) electrons. The fraction of sp³-hybridized carbons (Fsp3) is 0.316. The van der Waals surface area contributed by atoms with Crippen molar-refractivity contribution in [2.75, 3.05) is 18.4 Å². The first-order valence-corrected chi connectivity index (χ1v) is 10.6. The Morgan fingerprint density at radius 1 is 1.03 bits per heavy atom. The summed E-state index contributed by atoms with van der Waals surface area (Å²) >= 11 is 6.02. The van der Waals surface area contributed by atoms with Crippen LogP contribution in [0.2, 0.25) is 5.02 Å². The molecule has 1 heterocycles. The lowest BCUT2D eigenvalue weighted by molar-refractivity contribution is -0.139. The molecule has 3 rings (SSSR count). The molecule has 0 bridgehead atoms. The van der Waals surface area contributed by atoms with Gasteiger partial charge < -0.3 is 5.32 Å². The molecule has 0 aromatic heterocycles. The summed E-state index contributed by atoms with van der Waals surface area (Å²) in [5, 5.41) is 3.09. The van der Waals surface area contributed by atoms with Crippen molar-refractivity contribution in [2.45, 2.75) is 23.9 Å². The number of amides is 1. The average Bonchev–Trinajstić information content (AvgIpc) is 2.69. The summed E-state index contributed by atoms with van der Waals surface area (Å²) in [4.78, 5) is 11.7. The molecule has 0 saturated carbocycles. The highest BCUT2D eigenvalue weighted by Crippen LogP contribution is 2.36. The number of para-hydroxylation sites is 1. The zero-order valence-corrected chi connectivity index (χ0v) is 16.7. The van der Waals surface area contributed by atoms with Crippen LogP contribution in [0.1, 0.15) is 18.4 Å². The predicted molar refractivity (Wildman–Crippen MR) is 103 cm³/mol. The summed E-state index contributed by atoms with van der Waals surface area (Å²) in [6, 6.07) is 10.8. The highest BCUT2D eigenvalue weighted by atomic mass is 35.5. The first-order chi connectivity index (χ1) is 13.6. The van der Waals surface area contributed by atoms with Crippen LogP contribution in [0.5, 0.6) is 0 Å². The molecular formula is C19H18ClF3N2O3S. The van der Waals surface area contributed by atoms with Gasteiger partial charge in [-0.15, -0.1) is 0 Å². The van der Waals surface area contributed by atoms with E-state index in [9.17, 15) is 26.4 Å². The number of anilines is 1. The Morgan fingerprint density at radius 2 is 1.62 bits per heavy atom. The minimum Gasteiger partial charge on any atom is -0.325 e. The standard InChI is InChI=1S/C19H18ClF3N2O3S/c20-15-6-2-3-7-16(15)24-18(26)13-9-11-25(12-10-13)29(27,28)17-8-4-1-5-14(17)19(21,22)23/h1-8,13H,9-12H2,(H,24,26). The zero-order valence-electron chi connectivity index (χ0n) is 15.1. The number of nitrogens with one attached hydrogen (secondary N) is 1. The van der Waals surface area contributed by atoms with E-state index in [0.717, 1.165) is 22.5 Å². The maximum absolute atomic E-state index is 13.2. The second-order valence-corrected chi connectivity index (χ2v) is 8.95. The van der Waals surface area contributed by atoms with Crippen molar-refractivity contribution in [2.24, 2.45) is 5.92 Å². The van der Waals surface area contributed by atoms with E-state index in [1.165, 1.54) is 6.07 Å². The average molecular weight is 447 g/mol. The van der Waals surface area contributed by atoms with E-state index in [4.69, 9.17) is 11.6 Å². The number of nitrogens with zero attached hydrogens (tertiary/aromatic N) is 1. The lowest BCUT2D eigenvalue weighted by Crippen LogP contribution is -2.41. The van der Waals surface area contributed by atoms with E-state index in [0.29, 0.717) is 10.7 Å². The maximum atomic E-state index is 13.2. The first kappa shape index (κ1) is 21.6. The van der Waals surface area contributed by atoms with Crippen LogP contribution in [-0.2, 0) is 21.0 Å². The van der Waals surface area contributed by atoms with Gasteiger partial charge in [-0.1, -0.05) is 35.9 Å². The summed E-state index contributed by atoms with van der Waals surface area (Å²) in [7, 11) is -4.33. The van der Waals surface area contributed by atoms with Gasteiger partial charge >= 0.3 is 6.18 Å². The lowest BCUT2D eigenvalue weighted by atomic mass is 9.97. The molecule has 1 amide bonds. The molecule has 2 aromatic carbocycles. The van der Waals surface area contributed by atoms with E-state index in [2.05, 4.69) is 5.32 Å². The minimum absolute atomic E-state index is 0.0465. The third-order valence-electron chi connectivity index (χ3n) is 4.77. The Hall–Kier alpha value is -2.10. The number of carbonyl (C=O) groups is 1. The molecule has 5 nitrogen and oxygen atoms in total. The summed E-state index contributed by atoms with van der Waals surface area (Å²) in [6.07, 6.45) is -4.38. The quantitative estimate of drug-likeness (QED) is 0.757. The fourth-order valence-corrected chi connectivity index (χ4v) is 5.09. The van der Waals surface area contributed by atoms with Crippen molar-refractivity contribution in [3.05, 3.63) is 59.1 Å². The highest BCUT2D eigenvalue weighted by molar-refractivity contribution is 7.89. The van der Waals surface area contributed by atoms with Gasteiger partial charge in [-0.2, -0.15) is 17.5 Å². The highest BCUT2D eigenvalue weighted by Gasteiger charge is 2.40. The van der Waals surface area contributed by atoms with Gasteiger partial charge in [0.05, 0.1) is 21.2 Å². The van der Waals surface area contributed by atoms with Crippen molar-refractivity contribution in [1.82, 2.24) is 4.31 Å². The number of hydrogen-bond donors (Lipinski definition) is 1. The number of benzene rings is 2. The van der Waals surface area contributed by atoms with Gasteiger partial charge in [0.15, 0.2) is 0 Å². The SMILES string of the molecule is O=C(Nc1ccccc1Cl)C1CCN(S(=O)(=O)c2ccccc2C(F)(F)F)CC1. The molecule has 1 aliphatic heterocycles. The largest absolute Gasteiger partial charge is 0.417 e. The van der Waals surface area contributed by atoms with Gasteiger partial charge in [0.2, 0.25) is 15.9 Å². The first-order valence-electron chi connectivity index (χ1n) is 8.82. The van der Waals surface area contributed by atoms with Crippen LogP contribution in [0.3, 0.4) is 0 Å². The van der Waals surface area contributed by atoms with Crippen molar-refractivity contribution in [3.63, 3.8) is 0 Å². The normalized spacial score (nSPS) is 16.6. The van der Waals surface area contributed by atoms with Crippen LogP contribution in [-0.4, -0.2) is 31.7 Å². The number of hydrogen-bond acceptors (Lipinski definition) is 3. The smallest absolute Gasteiger partial charge is 0.325 e. The van der Waals surface area contributed by atoms with Crippen LogP contribution in [0.15, 0.2) is 53.4 Å². The monoisotopic (exact) mass is 446 g/mol. The van der Waals surface area contributed by atoms with Crippen LogP contribution >= 0.6 is 11.6 Å². The second-order valence-electron chi connectivity index (χ2n) is 6.64. The molecule has 156 valence electrons. The number of sulfonamides is 1.